The fourth-order valence-corrected chi connectivity index (χ4v) is 3.21. The molecule has 0 radical (unpaired) electrons. The minimum atomic E-state index is -3.22. The molecule has 0 aromatic carbocycles. The molecule has 0 unspecified atom stereocenters. The van der Waals surface area contributed by atoms with Gasteiger partial charge in [0.15, 0.2) is 0 Å². The van der Waals surface area contributed by atoms with Gasteiger partial charge in [-0.05, 0) is 24.5 Å². The lowest BCUT2D eigenvalue weighted by Gasteiger charge is -2.30. The van der Waals surface area contributed by atoms with Crippen molar-refractivity contribution in [3.05, 3.63) is 30.1 Å². The van der Waals surface area contributed by atoms with Crippen LogP contribution in [-0.2, 0) is 21.4 Å². The van der Waals surface area contributed by atoms with Crippen LogP contribution in [0.3, 0.4) is 0 Å². The lowest BCUT2D eigenvalue weighted by Crippen LogP contribution is -2.44. The second-order valence-electron chi connectivity index (χ2n) is 5.04. The first kappa shape index (κ1) is 14.9. The zero-order chi connectivity index (χ0) is 14.6. The summed E-state index contributed by atoms with van der Waals surface area (Å²) in [7, 11) is -3.22. The highest BCUT2D eigenvalue weighted by Crippen LogP contribution is 2.18. The molecule has 110 valence electrons. The number of sulfonamides is 1. The van der Waals surface area contributed by atoms with Crippen LogP contribution < -0.4 is 5.32 Å². The summed E-state index contributed by atoms with van der Waals surface area (Å²) in [6.07, 6.45) is 6.01. The Morgan fingerprint density at radius 1 is 1.55 bits per heavy atom. The molecule has 0 aliphatic carbocycles. The van der Waals surface area contributed by atoms with Crippen LogP contribution in [0, 0.1) is 5.92 Å². The molecule has 1 aliphatic heterocycles. The molecule has 20 heavy (non-hydrogen) atoms. The number of carbonyl (C=O) groups is 1. The summed E-state index contributed by atoms with van der Waals surface area (Å²) in [6, 6.07) is 3.70. The maximum absolute atomic E-state index is 12.1. The van der Waals surface area contributed by atoms with E-state index < -0.39 is 10.0 Å². The molecule has 2 rings (SSSR count). The number of carbonyl (C=O) groups excluding carboxylic acids is 1. The van der Waals surface area contributed by atoms with Crippen LogP contribution in [0.1, 0.15) is 18.4 Å². The number of hydrogen-bond acceptors (Lipinski definition) is 4. The van der Waals surface area contributed by atoms with Crippen LogP contribution in [0.15, 0.2) is 24.5 Å². The van der Waals surface area contributed by atoms with E-state index in [0.717, 1.165) is 18.4 Å². The molecule has 1 amide bonds. The molecule has 1 saturated heterocycles. The maximum Gasteiger partial charge on any atom is 0.224 e. The van der Waals surface area contributed by atoms with Gasteiger partial charge in [-0.2, -0.15) is 0 Å². The first-order valence-electron chi connectivity index (χ1n) is 6.58. The predicted octanol–water partition coefficient (Wildman–Crippen LogP) is 0.369. The van der Waals surface area contributed by atoms with Gasteiger partial charge in [-0.25, -0.2) is 12.7 Å². The van der Waals surface area contributed by atoms with Gasteiger partial charge >= 0.3 is 0 Å². The van der Waals surface area contributed by atoms with Crippen LogP contribution in [-0.4, -0.2) is 43.0 Å². The smallest absolute Gasteiger partial charge is 0.224 e. The predicted molar refractivity (Wildman–Crippen MR) is 75.2 cm³/mol. The summed E-state index contributed by atoms with van der Waals surface area (Å²) in [5, 5.41) is 2.84. The van der Waals surface area contributed by atoms with Crippen LogP contribution in [0.2, 0.25) is 0 Å². The van der Waals surface area contributed by atoms with Gasteiger partial charge in [0.25, 0.3) is 0 Å². The molecule has 0 bridgehead atoms. The molecule has 0 spiro atoms. The number of hydrogen-bond donors (Lipinski definition) is 1. The summed E-state index contributed by atoms with van der Waals surface area (Å²) < 4.78 is 24.4. The van der Waals surface area contributed by atoms with Crippen molar-refractivity contribution >= 4 is 15.9 Å². The van der Waals surface area contributed by atoms with Crippen molar-refractivity contribution in [1.29, 1.82) is 0 Å². The lowest BCUT2D eigenvalue weighted by molar-refractivity contribution is -0.126. The largest absolute Gasteiger partial charge is 0.352 e. The van der Waals surface area contributed by atoms with Crippen molar-refractivity contribution in [2.45, 2.75) is 19.4 Å². The molecule has 1 aromatic heterocycles. The van der Waals surface area contributed by atoms with Gasteiger partial charge in [0, 0.05) is 32.0 Å². The molecule has 1 atom stereocenters. The molecule has 1 aliphatic rings. The van der Waals surface area contributed by atoms with E-state index in [0.29, 0.717) is 13.1 Å². The monoisotopic (exact) mass is 297 g/mol. The van der Waals surface area contributed by atoms with Crippen molar-refractivity contribution in [2.24, 2.45) is 5.92 Å². The Kier molecular flexibility index (Phi) is 4.72. The number of rotatable bonds is 4. The van der Waals surface area contributed by atoms with Crippen LogP contribution in [0.25, 0.3) is 0 Å². The molecule has 1 aromatic rings. The third-order valence-electron chi connectivity index (χ3n) is 3.41. The Bertz CT molecular complexity index is 559. The van der Waals surface area contributed by atoms with Crippen LogP contribution >= 0.6 is 0 Å². The van der Waals surface area contributed by atoms with Gasteiger partial charge in [0.05, 0.1) is 12.2 Å². The van der Waals surface area contributed by atoms with Crippen molar-refractivity contribution < 1.29 is 13.2 Å². The highest BCUT2D eigenvalue weighted by Gasteiger charge is 2.29. The van der Waals surface area contributed by atoms with E-state index in [1.54, 1.807) is 12.4 Å². The minimum Gasteiger partial charge on any atom is -0.352 e. The first-order chi connectivity index (χ1) is 9.47. The average Bonchev–Trinajstić information content (AvgIpc) is 2.45. The van der Waals surface area contributed by atoms with Gasteiger partial charge in [-0.1, -0.05) is 6.07 Å². The number of aromatic nitrogens is 1. The Morgan fingerprint density at radius 2 is 2.35 bits per heavy atom. The van der Waals surface area contributed by atoms with Gasteiger partial charge in [0.2, 0.25) is 15.9 Å². The van der Waals surface area contributed by atoms with E-state index in [4.69, 9.17) is 0 Å². The Labute approximate surface area is 119 Å². The lowest BCUT2D eigenvalue weighted by atomic mass is 9.99. The third-order valence-corrected chi connectivity index (χ3v) is 4.68. The normalized spacial score (nSPS) is 20.6. The fraction of sp³-hybridized carbons (Fsp3) is 0.538. The SMILES string of the molecule is CS(=O)(=O)N1CCC[C@@H](C(=O)NCc2cccnc2)C1. The maximum atomic E-state index is 12.1. The topological polar surface area (TPSA) is 79.4 Å². The molecule has 2 heterocycles. The highest BCUT2D eigenvalue weighted by atomic mass is 32.2. The number of pyridine rings is 1. The van der Waals surface area contributed by atoms with E-state index >= 15 is 0 Å². The van der Waals surface area contributed by atoms with E-state index in [-0.39, 0.29) is 18.4 Å². The van der Waals surface area contributed by atoms with E-state index in [1.165, 1.54) is 10.6 Å². The molecule has 0 saturated carbocycles. The summed E-state index contributed by atoms with van der Waals surface area (Å²) in [5.74, 6) is -0.364. The summed E-state index contributed by atoms with van der Waals surface area (Å²) in [6.45, 7) is 1.20. The van der Waals surface area contributed by atoms with Gasteiger partial charge < -0.3 is 5.32 Å². The second kappa shape index (κ2) is 6.32. The van der Waals surface area contributed by atoms with Crippen molar-refractivity contribution in [3.63, 3.8) is 0 Å². The second-order valence-corrected chi connectivity index (χ2v) is 7.02. The molecule has 6 nitrogen and oxygen atoms in total. The molecular formula is C13H19N3O3S. The Hall–Kier alpha value is -1.47. The van der Waals surface area contributed by atoms with Crippen LogP contribution in [0.5, 0.6) is 0 Å². The number of piperidine rings is 1. The summed E-state index contributed by atoms with van der Waals surface area (Å²) >= 11 is 0. The van der Waals surface area contributed by atoms with E-state index in [2.05, 4.69) is 10.3 Å². The minimum absolute atomic E-state index is 0.0952. The van der Waals surface area contributed by atoms with Crippen molar-refractivity contribution in [1.82, 2.24) is 14.6 Å². The van der Waals surface area contributed by atoms with Crippen LogP contribution in [0.4, 0.5) is 0 Å². The van der Waals surface area contributed by atoms with Gasteiger partial charge in [-0.3, -0.25) is 9.78 Å². The van der Waals surface area contributed by atoms with Gasteiger partial charge in [-0.15, -0.1) is 0 Å². The van der Waals surface area contributed by atoms with E-state index in [1.807, 2.05) is 12.1 Å². The Balaban J connectivity index is 1.89. The zero-order valence-electron chi connectivity index (χ0n) is 11.4. The molecular weight excluding hydrogens is 278 g/mol. The fourth-order valence-electron chi connectivity index (χ4n) is 2.29. The first-order valence-corrected chi connectivity index (χ1v) is 8.43. The van der Waals surface area contributed by atoms with E-state index in [9.17, 15) is 13.2 Å². The number of amides is 1. The quantitative estimate of drug-likeness (QED) is 0.871. The Morgan fingerprint density at radius 3 is 3.00 bits per heavy atom. The zero-order valence-corrected chi connectivity index (χ0v) is 12.3. The number of nitrogens with zero attached hydrogens (tertiary/aromatic N) is 2. The third kappa shape index (κ3) is 4.01. The number of nitrogens with one attached hydrogen (secondary N) is 1. The standard InChI is InChI=1S/C13H19N3O3S/c1-20(18,19)16-7-3-5-12(10-16)13(17)15-9-11-4-2-6-14-8-11/h2,4,6,8,12H,3,5,7,9-10H2,1H3,(H,15,17)/t12-/m1/s1. The van der Waals surface area contributed by atoms with Gasteiger partial charge in [0.1, 0.15) is 0 Å². The molecule has 1 fully saturated rings. The van der Waals surface area contributed by atoms with Crippen molar-refractivity contribution in [2.75, 3.05) is 19.3 Å². The van der Waals surface area contributed by atoms with Crippen molar-refractivity contribution in [3.8, 4) is 0 Å². The summed E-state index contributed by atoms with van der Waals surface area (Å²) in [4.78, 5) is 16.1. The highest BCUT2D eigenvalue weighted by molar-refractivity contribution is 7.88. The summed E-state index contributed by atoms with van der Waals surface area (Å²) in [5.41, 5.74) is 0.927. The molecule has 1 N–H and O–H groups in total. The average molecular weight is 297 g/mol. The molecule has 7 heteroatoms.